The van der Waals surface area contributed by atoms with Gasteiger partial charge in [0.2, 0.25) is 0 Å². The van der Waals surface area contributed by atoms with Crippen molar-refractivity contribution in [3.63, 3.8) is 0 Å². The second-order valence-corrected chi connectivity index (χ2v) is 4.02. The Balaban J connectivity index is 2.88. The third kappa shape index (κ3) is 3.88. The third-order valence-corrected chi connectivity index (χ3v) is 2.63. The number of carbonyl (C=O) groups excluding carboxylic acids is 2. The molecule has 6 heteroatoms. The molecule has 0 aliphatic rings. The van der Waals surface area contributed by atoms with E-state index >= 15 is 0 Å². The fourth-order valence-corrected chi connectivity index (χ4v) is 1.60. The highest BCUT2D eigenvalue weighted by Crippen LogP contribution is 2.28. The topological polar surface area (TPSA) is 73.9 Å². The van der Waals surface area contributed by atoms with E-state index < -0.39 is 12.0 Å². The van der Waals surface area contributed by atoms with Crippen molar-refractivity contribution in [2.24, 2.45) is 0 Å². The maximum atomic E-state index is 12.0. The molecule has 0 saturated carbocycles. The predicted molar refractivity (Wildman–Crippen MR) is 73.1 cm³/mol. The minimum Gasteiger partial charge on any atom is -0.493 e. The molecule has 1 unspecified atom stereocenters. The van der Waals surface area contributed by atoms with Crippen molar-refractivity contribution >= 4 is 11.9 Å². The summed E-state index contributed by atoms with van der Waals surface area (Å²) in [5.41, 5.74) is 0.380. The van der Waals surface area contributed by atoms with Crippen molar-refractivity contribution < 1.29 is 23.8 Å². The van der Waals surface area contributed by atoms with Crippen LogP contribution in [0.3, 0.4) is 0 Å². The van der Waals surface area contributed by atoms with E-state index in [2.05, 4.69) is 10.1 Å². The van der Waals surface area contributed by atoms with Crippen LogP contribution in [0.15, 0.2) is 18.2 Å². The Morgan fingerprint density at radius 3 is 2.50 bits per heavy atom. The second-order valence-electron chi connectivity index (χ2n) is 4.02. The summed E-state index contributed by atoms with van der Waals surface area (Å²) >= 11 is 0. The van der Waals surface area contributed by atoms with Crippen LogP contribution in [0.4, 0.5) is 0 Å². The van der Waals surface area contributed by atoms with Gasteiger partial charge in [0.05, 0.1) is 20.8 Å². The average Bonchev–Trinajstić information content (AvgIpc) is 2.46. The van der Waals surface area contributed by atoms with Crippen molar-refractivity contribution in [1.82, 2.24) is 5.32 Å². The van der Waals surface area contributed by atoms with Crippen LogP contribution in [0.5, 0.6) is 11.5 Å². The molecule has 1 aromatic rings. The average molecular weight is 281 g/mol. The summed E-state index contributed by atoms with van der Waals surface area (Å²) in [5.74, 6) is 0.140. The third-order valence-electron chi connectivity index (χ3n) is 2.63. The zero-order chi connectivity index (χ0) is 15.1. The molecule has 0 radical (unpaired) electrons. The lowest BCUT2D eigenvalue weighted by molar-refractivity contribution is -0.142. The molecule has 0 bridgehead atoms. The summed E-state index contributed by atoms with van der Waals surface area (Å²) in [6.07, 6.45) is 0. The second kappa shape index (κ2) is 7.37. The Hall–Kier alpha value is -2.24. The molecule has 0 heterocycles. The number of methoxy groups -OCH3 is 2. The summed E-state index contributed by atoms with van der Waals surface area (Å²) in [7, 11) is 2.79. The fourth-order valence-electron chi connectivity index (χ4n) is 1.60. The number of hydrogen-bond acceptors (Lipinski definition) is 5. The molecule has 20 heavy (non-hydrogen) atoms. The summed E-state index contributed by atoms with van der Waals surface area (Å²) in [5, 5.41) is 2.54. The maximum Gasteiger partial charge on any atom is 0.328 e. The number of nitrogens with one attached hydrogen (secondary N) is 1. The van der Waals surface area contributed by atoms with E-state index in [9.17, 15) is 9.59 Å². The van der Waals surface area contributed by atoms with E-state index in [-0.39, 0.29) is 5.91 Å². The lowest BCUT2D eigenvalue weighted by Crippen LogP contribution is -2.39. The monoisotopic (exact) mass is 281 g/mol. The van der Waals surface area contributed by atoms with Crippen LogP contribution in [0.1, 0.15) is 24.2 Å². The van der Waals surface area contributed by atoms with Crippen molar-refractivity contribution in [3.05, 3.63) is 23.8 Å². The Labute approximate surface area is 118 Å². The summed E-state index contributed by atoms with van der Waals surface area (Å²) < 4.78 is 15.1. The van der Waals surface area contributed by atoms with Crippen LogP contribution in [0.25, 0.3) is 0 Å². The first-order valence-corrected chi connectivity index (χ1v) is 6.23. The van der Waals surface area contributed by atoms with Gasteiger partial charge in [-0.25, -0.2) is 4.79 Å². The van der Waals surface area contributed by atoms with E-state index in [1.807, 2.05) is 6.92 Å². The van der Waals surface area contributed by atoms with E-state index in [0.717, 1.165) is 0 Å². The van der Waals surface area contributed by atoms with Gasteiger partial charge in [0.25, 0.3) is 5.91 Å². The summed E-state index contributed by atoms with van der Waals surface area (Å²) in [6, 6.07) is 4.09. The van der Waals surface area contributed by atoms with Gasteiger partial charge < -0.3 is 19.5 Å². The highest BCUT2D eigenvalue weighted by atomic mass is 16.5. The molecule has 0 spiro atoms. The first-order chi connectivity index (χ1) is 9.53. The van der Waals surface area contributed by atoms with Gasteiger partial charge in [0, 0.05) is 5.56 Å². The Bertz CT molecular complexity index is 486. The number of carbonyl (C=O) groups is 2. The smallest absolute Gasteiger partial charge is 0.328 e. The molecule has 1 amide bonds. The SMILES string of the molecule is CCOc1cc(C(=O)NC(C)C(=O)OC)ccc1OC. The molecule has 1 N–H and O–H groups in total. The lowest BCUT2D eigenvalue weighted by atomic mass is 10.1. The van der Waals surface area contributed by atoms with Crippen LogP contribution >= 0.6 is 0 Å². The highest BCUT2D eigenvalue weighted by Gasteiger charge is 2.18. The molecule has 1 atom stereocenters. The predicted octanol–water partition coefficient (Wildman–Crippen LogP) is 1.39. The highest BCUT2D eigenvalue weighted by molar-refractivity contribution is 5.97. The Morgan fingerprint density at radius 1 is 1.25 bits per heavy atom. The van der Waals surface area contributed by atoms with E-state index in [1.165, 1.54) is 14.2 Å². The van der Waals surface area contributed by atoms with Gasteiger partial charge in [0.15, 0.2) is 11.5 Å². The van der Waals surface area contributed by atoms with Gasteiger partial charge in [-0.15, -0.1) is 0 Å². The Morgan fingerprint density at radius 2 is 1.95 bits per heavy atom. The summed E-state index contributed by atoms with van der Waals surface area (Å²) in [4.78, 5) is 23.3. The molecular formula is C14H19NO5. The number of hydrogen-bond donors (Lipinski definition) is 1. The van der Waals surface area contributed by atoms with E-state index in [0.29, 0.717) is 23.7 Å². The van der Waals surface area contributed by atoms with Crippen molar-refractivity contribution in [2.75, 3.05) is 20.8 Å². The molecule has 1 aromatic carbocycles. The minimum atomic E-state index is -0.717. The number of rotatable bonds is 6. The number of esters is 1. The molecule has 110 valence electrons. The molecule has 0 fully saturated rings. The first kappa shape index (κ1) is 15.8. The van der Waals surface area contributed by atoms with E-state index in [1.54, 1.807) is 25.1 Å². The van der Waals surface area contributed by atoms with Crippen LogP contribution in [-0.2, 0) is 9.53 Å². The minimum absolute atomic E-state index is 0.380. The molecule has 0 aliphatic heterocycles. The van der Waals surface area contributed by atoms with Gasteiger partial charge in [-0.05, 0) is 32.0 Å². The van der Waals surface area contributed by atoms with Gasteiger partial charge >= 0.3 is 5.97 Å². The lowest BCUT2D eigenvalue weighted by Gasteiger charge is -2.13. The largest absolute Gasteiger partial charge is 0.493 e. The molecule has 0 aromatic heterocycles. The zero-order valence-electron chi connectivity index (χ0n) is 12.1. The van der Waals surface area contributed by atoms with Crippen LogP contribution in [-0.4, -0.2) is 38.7 Å². The molecule has 0 aliphatic carbocycles. The van der Waals surface area contributed by atoms with Gasteiger partial charge in [0.1, 0.15) is 6.04 Å². The number of amides is 1. The van der Waals surface area contributed by atoms with Crippen LogP contribution in [0, 0.1) is 0 Å². The standard InChI is InChI=1S/C14H19NO5/c1-5-20-12-8-10(6-7-11(12)18-3)13(16)15-9(2)14(17)19-4/h6-9H,5H2,1-4H3,(H,15,16). The molecule has 6 nitrogen and oxygen atoms in total. The molecular weight excluding hydrogens is 262 g/mol. The number of benzene rings is 1. The maximum absolute atomic E-state index is 12.0. The van der Waals surface area contributed by atoms with Gasteiger partial charge in [-0.3, -0.25) is 4.79 Å². The van der Waals surface area contributed by atoms with Crippen molar-refractivity contribution in [3.8, 4) is 11.5 Å². The Kier molecular flexibility index (Phi) is 5.83. The zero-order valence-corrected chi connectivity index (χ0v) is 12.1. The van der Waals surface area contributed by atoms with Crippen molar-refractivity contribution in [1.29, 1.82) is 0 Å². The van der Waals surface area contributed by atoms with E-state index in [4.69, 9.17) is 9.47 Å². The van der Waals surface area contributed by atoms with Crippen LogP contribution < -0.4 is 14.8 Å². The quantitative estimate of drug-likeness (QED) is 0.797. The molecule has 0 saturated heterocycles. The van der Waals surface area contributed by atoms with Gasteiger partial charge in [-0.1, -0.05) is 0 Å². The van der Waals surface area contributed by atoms with Gasteiger partial charge in [-0.2, -0.15) is 0 Å². The van der Waals surface area contributed by atoms with Crippen molar-refractivity contribution in [2.45, 2.75) is 19.9 Å². The summed E-state index contributed by atoms with van der Waals surface area (Å²) in [6.45, 7) is 3.85. The number of ether oxygens (including phenoxy) is 3. The fraction of sp³-hybridized carbons (Fsp3) is 0.429. The first-order valence-electron chi connectivity index (χ1n) is 6.23. The normalized spacial score (nSPS) is 11.4. The molecule has 1 rings (SSSR count). The van der Waals surface area contributed by atoms with Crippen LogP contribution in [0.2, 0.25) is 0 Å².